The summed E-state index contributed by atoms with van der Waals surface area (Å²) >= 11 is 0. The summed E-state index contributed by atoms with van der Waals surface area (Å²) < 4.78 is 26.7. The average molecular weight is 395 g/mol. The number of aliphatic hydroxyl groups is 1. The molecule has 2 aromatic heterocycles. The van der Waals surface area contributed by atoms with Gasteiger partial charge in [-0.05, 0) is 40.8 Å². The Labute approximate surface area is 160 Å². The Hall–Kier alpha value is -3.07. The van der Waals surface area contributed by atoms with Gasteiger partial charge in [-0.3, -0.25) is 4.79 Å². The summed E-state index contributed by atoms with van der Waals surface area (Å²) in [6, 6.07) is 15.6. The highest BCUT2D eigenvalue weighted by atomic mass is 32.2. The van der Waals surface area contributed by atoms with Crippen molar-refractivity contribution in [3.05, 3.63) is 71.1 Å². The number of aromatic nitrogens is 2. The van der Waals surface area contributed by atoms with E-state index in [-0.39, 0.29) is 23.6 Å². The molecule has 2 aromatic carbocycles. The Morgan fingerprint density at radius 3 is 2.43 bits per heavy atom. The molecule has 0 saturated carbocycles. The number of nitrogens with zero attached hydrogens (tertiary/aromatic N) is 1. The van der Waals surface area contributed by atoms with Gasteiger partial charge in [-0.1, -0.05) is 30.3 Å². The summed E-state index contributed by atoms with van der Waals surface area (Å²) in [4.78, 5) is 19.5. The molecule has 0 fully saturated rings. The van der Waals surface area contributed by atoms with Gasteiger partial charge in [-0.2, -0.15) is 0 Å². The number of pyridine rings is 2. The first-order valence-electron chi connectivity index (χ1n) is 8.62. The lowest BCUT2D eigenvalue weighted by atomic mass is 9.99. The van der Waals surface area contributed by atoms with Crippen LogP contribution in [0, 0.1) is 0 Å². The fraction of sp³-hybridized carbons (Fsp3) is 0.100. The maximum atomic E-state index is 12.3. The summed E-state index contributed by atoms with van der Waals surface area (Å²) in [5, 5.41) is 11.0. The highest BCUT2D eigenvalue weighted by Gasteiger charge is 2.15. The quantitative estimate of drug-likeness (QED) is 0.448. The van der Waals surface area contributed by atoms with Gasteiger partial charge >= 0.3 is 0 Å². The third-order valence-corrected chi connectivity index (χ3v) is 5.98. The van der Waals surface area contributed by atoms with Crippen LogP contribution in [0.3, 0.4) is 0 Å². The number of hydrogen-bond donors (Lipinski definition) is 3. The third kappa shape index (κ3) is 3.18. The number of benzene rings is 2. The van der Waals surface area contributed by atoms with Crippen molar-refractivity contribution < 1.29 is 13.5 Å². The fourth-order valence-corrected chi connectivity index (χ4v) is 4.24. The van der Waals surface area contributed by atoms with E-state index in [1.807, 2.05) is 18.2 Å². The van der Waals surface area contributed by atoms with Crippen LogP contribution in [0.1, 0.15) is 0 Å². The largest absolute Gasteiger partial charge is 0.395 e. The molecule has 0 atom stereocenters. The monoisotopic (exact) mass is 395 g/mol. The Morgan fingerprint density at radius 2 is 1.71 bits per heavy atom. The van der Waals surface area contributed by atoms with Crippen molar-refractivity contribution in [2.75, 3.05) is 13.2 Å². The van der Waals surface area contributed by atoms with Crippen LogP contribution < -0.4 is 10.3 Å². The molecule has 7 nitrogen and oxygen atoms in total. The molecule has 0 bridgehead atoms. The molecule has 142 valence electrons. The van der Waals surface area contributed by atoms with Gasteiger partial charge in [0.15, 0.2) is 0 Å². The highest BCUT2D eigenvalue weighted by molar-refractivity contribution is 7.89. The summed E-state index contributed by atoms with van der Waals surface area (Å²) in [5.74, 6) is 0. The number of sulfonamides is 1. The van der Waals surface area contributed by atoms with Crippen LogP contribution in [-0.4, -0.2) is 36.6 Å². The summed E-state index contributed by atoms with van der Waals surface area (Å²) in [5.41, 5.74) is 1.90. The molecule has 4 rings (SSSR count). The van der Waals surface area contributed by atoms with E-state index < -0.39 is 10.0 Å². The van der Waals surface area contributed by atoms with Crippen LogP contribution >= 0.6 is 0 Å². The van der Waals surface area contributed by atoms with Gasteiger partial charge in [0.2, 0.25) is 10.0 Å². The number of aromatic amines is 1. The van der Waals surface area contributed by atoms with Crippen molar-refractivity contribution in [1.29, 1.82) is 0 Å². The van der Waals surface area contributed by atoms with Crippen molar-refractivity contribution in [1.82, 2.24) is 14.7 Å². The summed E-state index contributed by atoms with van der Waals surface area (Å²) in [6.07, 6.45) is 1.61. The van der Waals surface area contributed by atoms with Crippen molar-refractivity contribution in [2.24, 2.45) is 0 Å². The van der Waals surface area contributed by atoms with E-state index >= 15 is 0 Å². The highest BCUT2D eigenvalue weighted by Crippen LogP contribution is 2.31. The molecule has 0 aliphatic heterocycles. The Bertz CT molecular complexity index is 1330. The molecule has 0 aliphatic carbocycles. The number of rotatable bonds is 5. The lowest BCUT2D eigenvalue weighted by molar-refractivity contribution is 0.301. The van der Waals surface area contributed by atoms with E-state index in [1.54, 1.807) is 30.5 Å². The molecule has 8 heteroatoms. The van der Waals surface area contributed by atoms with Gasteiger partial charge in [0.1, 0.15) is 5.65 Å². The van der Waals surface area contributed by atoms with Gasteiger partial charge in [0, 0.05) is 23.5 Å². The first kappa shape index (κ1) is 18.3. The molecule has 0 spiro atoms. The maximum Gasteiger partial charge on any atom is 0.257 e. The van der Waals surface area contributed by atoms with Crippen LogP contribution in [-0.2, 0) is 10.0 Å². The SMILES string of the molecule is O=c1[nH]c2nccc(-c3ccc(S(=O)(=O)NCCO)cc3)c2c2ccccc12. The zero-order valence-corrected chi connectivity index (χ0v) is 15.5. The number of hydrogen-bond acceptors (Lipinski definition) is 5. The normalized spacial score (nSPS) is 11.9. The molecule has 3 N–H and O–H groups in total. The lowest BCUT2D eigenvalue weighted by Crippen LogP contribution is -2.26. The molecule has 0 saturated heterocycles. The minimum absolute atomic E-state index is 0.0432. The van der Waals surface area contributed by atoms with Gasteiger partial charge in [-0.25, -0.2) is 18.1 Å². The Morgan fingerprint density at radius 1 is 1.00 bits per heavy atom. The number of H-pyrrole nitrogens is 1. The molecular weight excluding hydrogens is 378 g/mol. The van der Waals surface area contributed by atoms with E-state index in [0.29, 0.717) is 11.0 Å². The predicted molar refractivity (Wildman–Crippen MR) is 108 cm³/mol. The Kier molecular flexibility index (Phi) is 4.68. The Balaban J connectivity index is 1.88. The predicted octanol–water partition coefficient (Wildman–Crippen LogP) is 2.01. The van der Waals surface area contributed by atoms with E-state index in [9.17, 15) is 13.2 Å². The number of aliphatic hydroxyl groups excluding tert-OH is 1. The minimum Gasteiger partial charge on any atom is -0.395 e. The van der Waals surface area contributed by atoms with E-state index in [2.05, 4.69) is 14.7 Å². The molecule has 2 heterocycles. The smallest absolute Gasteiger partial charge is 0.257 e. The van der Waals surface area contributed by atoms with Crippen molar-refractivity contribution in [3.63, 3.8) is 0 Å². The number of nitrogens with one attached hydrogen (secondary N) is 2. The fourth-order valence-electron chi connectivity index (χ4n) is 3.22. The first-order valence-corrected chi connectivity index (χ1v) is 10.1. The molecular formula is C20H17N3O4S. The van der Waals surface area contributed by atoms with Crippen LogP contribution in [0.5, 0.6) is 0 Å². The van der Waals surface area contributed by atoms with Crippen LogP contribution in [0.25, 0.3) is 32.9 Å². The second-order valence-corrected chi connectivity index (χ2v) is 7.99. The second-order valence-electron chi connectivity index (χ2n) is 6.23. The molecule has 28 heavy (non-hydrogen) atoms. The lowest BCUT2D eigenvalue weighted by Gasteiger charge is -2.10. The third-order valence-electron chi connectivity index (χ3n) is 4.50. The van der Waals surface area contributed by atoms with Crippen molar-refractivity contribution >= 4 is 31.8 Å². The van der Waals surface area contributed by atoms with Crippen LogP contribution in [0.2, 0.25) is 0 Å². The second kappa shape index (κ2) is 7.16. The molecule has 0 amide bonds. The van der Waals surface area contributed by atoms with Gasteiger partial charge in [-0.15, -0.1) is 0 Å². The van der Waals surface area contributed by atoms with Crippen molar-refractivity contribution in [3.8, 4) is 11.1 Å². The topological polar surface area (TPSA) is 112 Å². The van der Waals surface area contributed by atoms with E-state index in [1.165, 1.54) is 12.1 Å². The zero-order chi connectivity index (χ0) is 19.7. The van der Waals surface area contributed by atoms with E-state index in [4.69, 9.17) is 5.11 Å². The number of fused-ring (bicyclic) bond motifs is 3. The summed E-state index contributed by atoms with van der Waals surface area (Å²) in [6.45, 7) is -0.315. The first-order chi connectivity index (χ1) is 13.5. The van der Waals surface area contributed by atoms with Gasteiger partial charge in [0.05, 0.1) is 11.5 Å². The molecule has 0 aliphatic rings. The maximum absolute atomic E-state index is 12.3. The summed E-state index contributed by atoms with van der Waals surface area (Å²) in [7, 11) is -3.67. The van der Waals surface area contributed by atoms with E-state index in [0.717, 1.165) is 21.9 Å². The van der Waals surface area contributed by atoms with Gasteiger partial charge in [0.25, 0.3) is 5.56 Å². The molecule has 0 radical (unpaired) electrons. The average Bonchev–Trinajstić information content (AvgIpc) is 2.72. The standard InChI is InChI=1S/C20H17N3O4S/c24-12-11-22-28(26,27)14-7-5-13(6-8-14)15-9-10-21-19-18(15)16-3-1-2-4-17(16)20(25)23-19/h1-10,22,24H,11-12H2,(H,21,23,25). The van der Waals surface area contributed by atoms with Gasteiger partial charge < -0.3 is 10.1 Å². The zero-order valence-electron chi connectivity index (χ0n) is 14.7. The minimum atomic E-state index is -3.67. The molecule has 4 aromatic rings. The molecule has 0 unspecified atom stereocenters. The van der Waals surface area contributed by atoms with Crippen LogP contribution in [0.15, 0.2) is 70.5 Å². The van der Waals surface area contributed by atoms with Crippen molar-refractivity contribution in [2.45, 2.75) is 4.90 Å². The van der Waals surface area contributed by atoms with Crippen LogP contribution in [0.4, 0.5) is 0 Å².